The van der Waals surface area contributed by atoms with E-state index in [1.807, 2.05) is 25.1 Å². The van der Waals surface area contributed by atoms with Crippen LogP contribution in [0.3, 0.4) is 0 Å². The van der Waals surface area contributed by atoms with Crippen LogP contribution in [0.2, 0.25) is 0 Å². The van der Waals surface area contributed by atoms with E-state index >= 15 is 0 Å². The minimum Gasteiger partial charge on any atom is -0.320 e. The Morgan fingerprint density at radius 3 is 2.18 bits per heavy atom. The van der Waals surface area contributed by atoms with Crippen LogP contribution in [-0.4, -0.2) is 0 Å². The molecule has 0 amide bonds. The molecular formula is C14H13F2N. The molecule has 2 rings (SSSR count). The maximum Gasteiger partial charge on any atom is 0.131 e. The number of rotatable bonds is 2. The van der Waals surface area contributed by atoms with E-state index < -0.39 is 17.7 Å². The topological polar surface area (TPSA) is 26.0 Å². The van der Waals surface area contributed by atoms with Crippen molar-refractivity contribution in [3.63, 3.8) is 0 Å². The Hall–Kier alpha value is -1.74. The van der Waals surface area contributed by atoms with Gasteiger partial charge in [0, 0.05) is 5.56 Å². The second-order valence-corrected chi connectivity index (χ2v) is 4.03. The van der Waals surface area contributed by atoms with Gasteiger partial charge in [0.15, 0.2) is 0 Å². The first-order chi connectivity index (χ1) is 8.09. The standard InChI is InChI=1S/C14H13F2N/c1-9-4-2-5-10(8-9)14(17)13-11(15)6-3-7-12(13)16/h2-8,14H,17H2,1H3. The summed E-state index contributed by atoms with van der Waals surface area (Å²) in [5.74, 6) is -1.22. The van der Waals surface area contributed by atoms with Gasteiger partial charge < -0.3 is 5.73 Å². The number of halogens is 2. The molecule has 2 aromatic rings. The first kappa shape index (κ1) is 11.7. The lowest BCUT2D eigenvalue weighted by Gasteiger charge is -2.14. The van der Waals surface area contributed by atoms with Gasteiger partial charge in [-0.3, -0.25) is 0 Å². The summed E-state index contributed by atoms with van der Waals surface area (Å²) in [7, 11) is 0. The van der Waals surface area contributed by atoms with Gasteiger partial charge in [0.05, 0.1) is 6.04 Å². The Balaban J connectivity index is 2.47. The molecule has 0 radical (unpaired) electrons. The van der Waals surface area contributed by atoms with Crippen molar-refractivity contribution in [2.75, 3.05) is 0 Å². The third-order valence-corrected chi connectivity index (χ3v) is 2.71. The van der Waals surface area contributed by atoms with Crippen molar-refractivity contribution < 1.29 is 8.78 Å². The fourth-order valence-corrected chi connectivity index (χ4v) is 1.84. The molecule has 0 saturated heterocycles. The Morgan fingerprint density at radius 2 is 1.59 bits per heavy atom. The van der Waals surface area contributed by atoms with Crippen molar-refractivity contribution in [1.82, 2.24) is 0 Å². The van der Waals surface area contributed by atoms with Gasteiger partial charge in [-0.25, -0.2) is 8.78 Å². The van der Waals surface area contributed by atoms with Crippen molar-refractivity contribution >= 4 is 0 Å². The van der Waals surface area contributed by atoms with E-state index in [1.165, 1.54) is 18.2 Å². The minimum atomic E-state index is -0.781. The van der Waals surface area contributed by atoms with Crippen molar-refractivity contribution in [3.8, 4) is 0 Å². The summed E-state index contributed by atoms with van der Waals surface area (Å²) in [6.07, 6.45) is 0. The van der Waals surface area contributed by atoms with Gasteiger partial charge in [0.25, 0.3) is 0 Å². The quantitative estimate of drug-likeness (QED) is 0.846. The van der Waals surface area contributed by atoms with Crippen LogP contribution in [0.15, 0.2) is 42.5 Å². The first-order valence-electron chi connectivity index (χ1n) is 5.35. The van der Waals surface area contributed by atoms with Crippen LogP contribution in [0.4, 0.5) is 8.78 Å². The normalized spacial score (nSPS) is 12.5. The number of nitrogens with two attached hydrogens (primary N) is 1. The van der Waals surface area contributed by atoms with Crippen molar-refractivity contribution in [2.45, 2.75) is 13.0 Å². The lowest BCUT2D eigenvalue weighted by atomic mass is 9.97. The molecule has 17 heavy (non-hydrogen) atoms. The largest absolute Gasteiger partial charge is 0.320 e. The third kappa shape index (κ3) is 2.34. The molecule has 88 valence electrons. The molecule has 0 fully saturated rings. The van der Waals surface area contributed by atoms with Crippen LogP contribution in [0, 0.1) is 18.6 Å². The lowest BCUT2D eigenvalue weighted by molar-refractivity contribution is 0.543. The van der Waals surface area contributed by atoms with Crippen molar-refractivity contribution in [1.29, 1.82) is 0 Å². The average molecular weight is 233 g/mol. The summed E-state index contributed by atoms with van der Waals surface area (Å²) in [4.78, 5) is 0. The fourth-order valence-electron chi connectivity index (χ4n) is 1.84. The smallest absolute Gasteiger partial charge is 0.131 e. The van der Waals surface area contributed by atoms with Crippen molar-refractivity contribution in [3.05, 3.63) is 70.8 Å². The molecule has 1 unspecified atom stereocenters. The zero-order chi connectivity index (χ0) is 12.4. The number of hydrogen-bond donors (Lipinski definition) is 1. The molecule has 3 heteroatoms. The predicted molar refractivity (Wildman–Crippen MR) is 63.6 cm³/mol. The maximum absolute atomic E-state index is 13.6. The van der Waals surface area contributed by atoms with E-state index in [4.69, 9.17) is 5.73 Å². The summed E-state index contributed by atoms with van der Waals surface area (Å²) in [5, 5.41) is 0. The van der Waals surface area contributed by atoms with Crippen LogP contribution in [0.25, 0.3) is 0 Å². The van der Waals surface area contributed by atoms with Gasteiger partial charge >= 0.3 is 0 Å². The lowest BCUT2D eigenvalue weighted by Crippen LogP contribution is -2.15. The highest BCUT2D eigenvalue weighted by atomic mass is 19.1. The Labute approximate surface area is 98.9 Å². The molecule has 0 bridgehead atoms. The zero-order valence-electron chi connectivity index (χ0n) is 9.45. The molecule has 1 atom stereocenters. The van der Waals surface area contributed by atoms with E-state index in [0.29, 0.717) is 5.56 Å². The summed E-state index contributed by atoms with van der Waals surface area (Å²) in [5.41, 5.74) is 7.53. The Kier molecular flexibility index (Phi) is 3.20. The van der Waals surface area contributed by atoms with Gasteiger partial charge in [0.1, 0.15) is 11.6 Å². The van der Waals surface area contributed by atoms with E-state index in [9.17, 15) is 8.78 Å². The van der Waals surface area contributed by atoms with Crippen molar-refractivity contribution in [2.24, 2.45) is 5.73 Å². The summed E-state index contributed by atoms with van der Waals surface area (Å²) in [6, 6.07) is 10.3. The molecule has 0 saturated carbocycles. The van der Waals surface area contributed by atoms with Gasteiger partial charge in [-0.15, -0.1) is 0 Å². The van der Waals surface area contributed by atoms with E-state index in [1.54, 1.807) is 6.07 Å². The fraction of sp³-hybridized carbons (Fsp3) is 0.143. The number of hydrogen-bond acceptors (Lipinski definition) is 1. The molecule has 0 spiro atoms. The summed E-state index contributed by atoms with van der Waals surface area (Å²) >= 11 is 0. The zero-order valence-corrected chi connectivity index (χ0v) is 9.45. The molecule has 0 aliphatic rings. The Morgan fingerprint density at radius 1 is 1.00 bits per heavy atom. The van der Waals surface area contributed by atoms with Gasteiger partial charge in [-0.1, -0.05) is 35.9 Å². The summed E-state index contributed by atoms with van der Waals surface area (Å²) in [6.45, 7) is 1.91. The highest BCUT2D eigenvalue weighted by molar-refractivity contribution is 5.35. The molecule has 0 aromatic heterocycles. The van der Waals surface area contributed by atoms with E-state index in [-0.39, 0.29) is 5.56 Å². The van der Waals surface area contributed by atoms with E-state index in [2.05, 4.69) is 0 Å². The SMILES string of the molecule is Cc1cccc(C(N)c2c(F)cccc2F)c1. The highest BCUT2D eigenvalue weighted by Gasteiger charge is 2.17. The second-order valence-electron chi connectivity index (χ2n) is 4.03. The van der Waals surface area contributed by atoms with Gasteiger partial charge in [0.2, 0.25) is 0 Å². The average Bonchev–Trinajstić information content (AvgIpc) is 2.28. The van der Waals surface area contributed by atoms with Gasteiger partial charge in [-0.2, -0.15) is 0 Å². The number of benzene rings is 2. The minimum absolute atomic E-state index is 0.0851. The molecule has 1 nitrogen and oxygen atoms in total. The highest BCUT2D eigenvalue weighted by Crippen LogP contribution is 2.25. The summed E-state index contributed by atoms with van der Waals surface area (Å²) < 4.78 is 27.1. The molecule has 0 aliphatic carbocycles. The molecule has 0 aliphatic heterocycles. The maximum atomic E-state index is 13.6. The molecule has 0 heterocycles. The van der Waals surface area contributed by atoms with Crippen LogP contribution >= 0.6 is 0 Å². The first-order valence-corrected chi connectivity index (χ1v) is 5.35. The van der Waals surface area contributed by atoms with Crippen LogP contribution in [0.1, 0.15) is 22.7 Å². The Bertz CT molecular complexity index is 517. The van der Waals surface area contributed by atoms with Crippen LogP contribution < -0.4 is 5.73 Å². The van der Waals surface area contributed by atoms with Gasteiger partial charge in [-0.05, 0) is 24.6 Å². The predicted octanol–water partition coefficient (Wildman–Crippen LogP) is 3.32. The van der Waals surface area contributed by atoms with E-state index in [0.717, 1.165) is 5.56 Å². The molecule has 2 aromatic carbocycles. The number of aryl methyl sites for hydroxylation is 1. The molecule has 2 N–H and O–H groups in total. The monoisotopic (exact) mass is 233 g/mol. The molecular weight excluding hydrogens is 220 g/mol. The van der Waals surface area contributed by atoms with Crippen LogP contribution in [0.5, 0.6) is 0 Å². The second kappa shape index (κ2) is 4.63. The third-order valence-electron chi connectivity index (χ3n) is 2.71. The van der Waals surface area contributed by atoms with Crippen LogP contribution in [-0.2, 0) is 0 Å².